The first-order chi connectivity index (χ1) is 11.0. The third kappa shape index (κ3) is 4.73. The van der Waals surface area contributed by atoms with Crippen molar-refractivity contribution in [3.8, 4) is 0 Å². The van der Waals surface area contributed by atoms with Crippen LogP contribution in [0.15, 0.2) is 27.6 Å². The maximum Gasteiger partial charge on any atom is 0.331 e. The Kier molecular flexibility index (Phi) is 6.53. The quantitative estimate of drug-likeness (QED) is 0.603. The minimum absolute atomic E-state index is 0.121. The van der Waals surface area contributed by atoms with Gasteiger partial charge in [0.15, 0.2) is 0 Å². The number of benzene rings is 1. The van der Waals surface area contributed by atoms with Crippen molar-refractivity contribution in [1.29, 1.82) is 0 Å². The van der Waals surface area contributed by atoms with Crippen LogP contribution in [-0.2, 0) is 14.3 Å². The van der Waals surface area contributed by atoms with E-state index in [9.17, 15) is 9.59 Å². The van der Waals surface area contributed by atoms with Gasteiger partial charge in [-0.05, 0) is 43.5 Å². The normalized spacial score (nSPS) is 16.7. The molecule has 1 fully saturated rings. The van der Waals surface area contributed by atoms with Gasteiger partial charge in [0.2, 0.25) is 5.91 Å². The molecule has 0 aromatic heterocycles. The molecule has 1 saturated carbocycles. The molecule has 1 amide bonds. The van der Waals surface area contributed by atoms with Crippen LogP contribution in [0.3, 0.4) is 0 Å². The molecular weight excluding hydrogens is 378 g/mol. The fourth-order valence-corrected chi connectivity index (χ4v) is 4.24. The molecular formula is C17H22BrNO3S. The van der Waals surface area contributed by atoms with Crippen LogP contribution in [0.2, 0.25) is 0 Å². The predicted octanol–water partition coefficient (Wildman–Crippen LogP) is 3.84. The van der Waals surface area contributed by atoms with Gasteiger partial charge in [-0.25, -0.2) is 4.79 Å². The third-order valence-corrected chi connectivity index (χ3v) is 5.83. The average molecular weight is 400 g/mol. The van der Waals surface area contributed by atoms with Gasteiger partial charge in [-0.3, -0.25) is 4.79 Å². The van der Waals surface area contributed by atoms with Crippen LogP contribution in [0.25, 0.3) is 0 Å². The van der Waals surface area contributed by atoms with E-state index in [0.717, 1.165) is 34.2 Å². The molecule has 0 atom stereocenters. The smallest absolute Gasteiger partial charge is 0.331 e. The first-order valence-corrected chi connectivity index (χ1v) is 9.53. The van der Waals surface area contributed by atoms with Gasteiger partial charge in [-0.2, -0.15) is 0 Å². The topological polar surface area (TPSA) is 55.4 Å². The van der Waals surface area contributed by atoms with Gasteiger partial charge < -0.3 is 10.1 Å². The standard InChI is InChI=1S/C17H22BrNO3S/c1-12-10-13(18)6-7-14(12)23-11-15(20)19-17(16(21)22-2)8-4-3-5-9-17/h6-7,10H,3-5,8-9,11H2,1-2H3,(H,19,20). The number of aryl methyl sites for hydroxylation is 1. The van der Waals surface area contributed by atoms with Gasteiger partial charge in [0.1, 0.15) is 5.54 Å². The zero-order valence-corrected chi connectivity index (χ0v) is 15.9. The number of halogens is 1. The number of hydrogen-bond acceptors (Lipinski definition) is 4. The molecule has 0 radical (unpaired) electrons. The fraction of sp³-hybridized carbons (Fsp3) is 0.529. The van der Waals surface area contributed by atoms with E-state index in [-0.39, 0.29) is 11.9 Å². The lowest BCUT2D eigenvalue weighted by Gasteiger charge is -2.35. The molecule has 2 rings (SSSR count). The number of carbonyl (C=O) groups is 2. The summed E-state index contributed by atoms with van der Waals surface area (Å²) in [5, 5.41) is 2.94. The summed E-state index contributed by atoms with van der Waals surface area (Å²) < 4.78 is 5.95. The number of carbonyl (C=O) groups excluding carboxylic acids is 2. The maximum absolute atomic E-state index is 12.3. The minimum atomic E-state index is -0.834. The van der Waals surface area contributed by atoms with Crippen molar-refractivity contribution in [2.24, 2.45) is 0 Å². The number of esters is 1. The molecule has 23 heavy (non-hydrogen) atoms. The first kappa shape index (κ1) is 18.3. The largest absolute Gasteiger partial charge is 0.467 e. The molecule has 126 valence electrons. The summed E-state index contributed by atoms with van der Waals surface area (Å²) in [5.74, 6) is -0.152. The monoisotopic (exact) mass is 399 g/mol. The van der Waals surface area contributed by atoms with E-state index in [1.54, 1.807) is 0 Å². The highest BCUT2D eigenvalue weighted by Gasteiger charge is 2.41. The lowest BCUT2D eigenvalue weighted by molar-refractivity contribution is -0.152. The Morgan fingerprint density at radius 2 is 2.00 bits per heavy atom. The highest BCUT2D eigenvalue weighted by molar-refractivity contribution is 9.10. The number of amides is 1. The van der Waals surface area contributed by atoms with E-state index < -0.39 is 5.54 Å². The molecule has 0 heterocycles. The van der Waals surface area contributed by atoms with E-state index in [4.69, 9.17) is 4.74 Å². The summed E-state index contributed by atoms with van der Waals surface area (Å²) >= 11 is 4.92. The number of ether oxygens (including phenoxy) is 1. The molecule has 1 aliphatic carbocycles. The third-order valence-electron chi connectivity index (χ3n) is 4.16. The molecule has 1 N–H and O–H groups in total. The van der Waals surface area contributed by atoms with Crippen molar-refractivity contribution in [1.82, 2.24) is 5.32 Å². The van der Waals surface area contributed by atoms with Crippen molar-refractivity contribution < 1.29 is 14.3 Å². The van der Waals surface area contributed by atoms with Crippen molar-refractivity contribution in [3.05, 3.63) is 28.2 Å². The summed E-state index contributed by atoms with van der Waals surface area (Å²) in [5.41, 5.74) is 0.289. The Morgan fingerprint density at radius 3 is 2.61 bits per heavy atom. The highest BCUT2D eigenvalue weighted by Crippen LogP contribution is 2.30. The fourth-order valence-electron chi connectivity index (χ4n) is 2.95. The Morgan fingerprint density at radius 1 is 1.30 bits per heavy atom. The molecule has 0 unspecified atom stereocenters. The van der Waals surface area contributed by atoms with Gasteiger partial charge in [-0.1, -0.05) is 35.2 Å². The van der Waals surface area contributed by atoms with E-state index in [1.165, 1.54) is 18.9 Å². The Labute approximate surface area is 149 Å². The second-order valence-electron chi connectivity index (χ2n) is 5.88. The van der Waals surface area contributed by atoms with Crippen LogP contribution >= 0.6 is 27.7 Å². The number of hydrogen-bond donors (Lipinski definition) is 1. The number of nitrogens with one attached hydrogen (secondary N) is 1. The van der Waals surface area contributed by atoms with Gasteiger partial charge in [0.05, 0.1) is 12.9 Å². The van der Waals surface area contributed by atoms with E-state index in [1.807, 2.05) is 25.1 Å². The summed E-state index contributed by atoms with van der Waals surface area (Å²) in [6.45, 7) is 2.02. The highest BCUT2D eigenvalue weighted by atomic mass is 79.9. The van der Waals surface area contributed by atoms with Crippen molar-refractivity contribution in [2.75, 3.05) is 12.9 Å². The molecule has 1 aliphatic rings. The molecule has 1 aromatic rings. The van der Waals surface area contributed by atoms with Crippen LogP contribution in [-0.4, -0.2) is 30.3 Å². The second kappa shape index (κ2) is 8.20. The molecule has 6 heteroatoms. The zero-order valence-electron chi connectivity index (χ0n) is 13.5. The summed E-state index contributed by atoms with van der Waals surface area (Å²) in [6, 6.07) is 5.98. The van der Waals surface area contributed by atoms with Crippen LogP contribution in [0.1, 0.15) is 37.7 Å². The maximum atomic E-state index is 12.3. The molecule has 0 bridgehead atoms. The predicted molar refractivity (Wildman–Crippen MR) is 95.6 cm³/mol. The van der Waals surface area contributed by atoms with E-state index >= 15 is 0 Å². The Balaban J connectivity index is 1.98. The molecule has 0 aliphatic heterocycles. The number of rotatable bonds is 5. The van der Waals surface area contributed by atoms with Gasteiger partial charge >= 0.3 is 5.97 Å². The SMILES string of the molecule is COC(=O)C1(NC(=O)CSc2ccc(Br)cc2C)CCCCC1. The van der Waals surface area contributed by atoms with Crippen LogP contribution in [0.5, 0.6) is 0 Å². The summed E-state index contributed by atoms with van der Waals surface area (Å²) in [7, 11) is 1.38. The van der Waals surface area contributed by atoms with Crippen molar-refractivity contribution in [3.63, 3.8) is 0 Å². The Hall–Kier alpha value is -1.01. The Bertz CT molecular complexity index is 585. The van der Waals surface area contributed by atoms with Crippen LogP contribution in [0.4, 0.5) is 0 Å². The van der Waals surface area contributed by atoms with Gasteiger partial charge in [0.25, 0.3) is 0 Å². The second-order valence-corrected chi connectivity index (χ2v) is 7.81. The first-order valence-electron chi connectivity index (χ1n) is 7.75. The number of methoxy groups -OCH3 is 1. The summed E-state index contributed by atoms with van der Waals surface area (Å²) in [4.78, 5) is 25.5. The molecule has 0 saturated heterocycles. The van der Waals surface area contributed by atoms with Gasteiger partial charge in [0, 0.05) is 9.37 Å². The number of thioether (sulfide) groups is 1. The zero-order chi connectivity index (χ0) is 16.9. The van der Waals surface area contributed by atoms with Crippen molar-refractivity contribution >= 4 is 39.6 Å². The van der Waals surface area contributed by atoms with Crippen molar-refractivity contribution in [2.45, 2.75) is 49.5 Å². The lowest BCUT2D eigenvalue weighted by Crippen LogP contribution is -2.56. The molecule has 1 aromatic carbocycles. The molecule has 4 nitrogen and oxygen atoms in total. The molecule has 0 spiro atoms. The van der Waals surface area contributed by atoms with Crippen LogP contribution < -0.4 is 5.32 Å². The lowest BCUT2D eigenvalue weighted by atomic mass is 9.81. The summed E-state index contributed by atoms with van der Waals surface area (Å²) in [6.07, 6.45) is 4.30. The minimum Gasteiger partial charge on any atom is -0.467 e. The average Bonchev–Trinajstić information content (AvgIpc) is 2.54. The van der Waals surface area contributed by atoms with Gasteiger partial charge in [-0.15, -0.1) is 11.8 Å². The van der Waals surface area contributed by atoms with E-state index in [0.29, 0.717) is 18.6 Å². The van der Waals surface area contributed by atoms with Crippen LogP contribution in [0, 0.1) is 6.92 Å². The van der Waals surface area contributed by atoms with E-state index in [2.05, 4.69) is 21.2 Å².